The van der Waals surface area contributed by atoms with Gasteiger partial charge in [0.2, 0.25) is 0 Å². The zero-order valence-electron chi connectivity index (χ0n) is 9.29. The van der Waals surface area contributed by atoms with E-state index in [1.165, 1.54) is 32.4 Å². The summed E-state index contributed by atoms with van der Waals surface area (Å²) in [6.45, 7) is 3.55. The molecule has 13 heavy (non-hydrogen) atoms. The maximum atomic E-state index is 4.19. The SMILES string of the molecule is CN(C)CCN(C)CCCCCS. The van der Waals surface area contributed by atoms with Crippen molar-refractivity contribution >= 4 is 12.6 Å². The van der Waals surface area contributed by atoms with Crippen molar-refractivity contribution in [1.29, 1.82) is 0 Å². The summed E-state index contributed by atoms with van der Waals surface area (Å²) < 4.78 is 0. The van der Waals surface area contributed by atoms with Crippen LogP contribution in [0.4, 0.5) is 0 Å². The molecule has 0 bridgehead atoms. The molecule has 0 aliphatic rings. The first-order chi connectivity index (χ1) is 6.16. The van der Waals surface area contributed by atoms with Crippen LogP contribution in [0, 0.1) is 0 Å². The van der Waals surface area contributed by atoms with Crippen LogP contribution < -0.4 is 0 Å². The molecule has 0 saturated carbocycles. The van der Waals surface area contributed by atoms with E-state index < -0.39 is 0 Å². The van der Waals surface area contributed by atoms with Crippen molar-refractivity contribution in [3.8, 4) is 0 Å². The Morgan fingerprint density at radius 2 is 1.54 bits per heavy atom. The Morgan fingerprint density at radius 3 is 2.08 bits per heavy atom. The molecule has 0 aromatic rings. The number of rotatable bonds is 8. The first-order valence-corrected chi connectivity index (χ1v) is 5.74. The molecule has 0 rings (SSSR count). The largest absolute Gasteiger partial charge is 0.308 e. The average Bonchev–Trinajstić information content (AvgIpc) is 2.09. The van der Waals surface area contributed by atoms with Crippen LogP contribution in [-0.4, -0.2) is 56.3 Å². The number of nitrogens with zero attached hydrogens (tertiary/aromatic N) is 2. The highest BCUT2D eigenvalue weighted by atomic mass is 32.1. The number of unbranched alkanes of at least 4 members (excludes halogenated alkanes) is 2. The molecule has 0 atom stereocenters. The van der Waals surface area contributed by atoms with Crippen molar-refractivity contribution in [3.63, 3.8) is 0 Å². The van der Waals surface area contributed by atoms with E-state index in [4.69, 9.17) is 0 Å². The maximum absolute atomic E-state index is 4.19. The zero-order valence-corrected chi connectivity index (χ0v) is 10.2. The van der Waals surface area contributed by atoms with Crippen LogP contribution in [0.1, 0.15) is 19.3 Å². The highest BCUT2D eigenvalue weighted by Gasteiger charge is 1.98. The van der Waals surface area contributed by atoms with E-state index in [2.05, 4.69) is 43.6 Å². The van der Waals surface area contributed by atoms with Crippen molar-refractivity contribution in [2.24, 2.45) is 0 Å². The van der Waals surface area contributed by atoms with E-state index in [1.807, 2.05) is 0 Å². The smallest absolute Gasteiger partial charge is 0.0106 e. The van der Waals surface area contributed by atoms with Crippen molar-refractivity contribution < 1.29 is 0 Å². The van der Waals surface area contributed by atoms with Gasteiger partial charge in [0.15, 0.2) is 0 Å². The molecule has 2 nitrogen and oxygen atoms in total. The molecular weight excluding hydrogens is 180 g/mol. The molecule has 0 aliphatic carbocycles. The van der Waals surface area contributed by atoms with Crippen molar-refractivity contribution in [3.05, 3.63) is 0 Å². The van der Waals surface area contributed by atoms with Gasteiger partial charge in [-0.3, -0.25) is 0 Å². The lowest BCUT2D eigenvalue weighted by molar-refractivity contribution is 0.277. The fraction of sp³-hybridized carbons (Fsp3) is 1.00. The van der Waals surface area contributed by atoms with E-state index in [1.54, 1.807) is 0 Å². The molecule has 80 valence electrons. The van der Waals surface area contributed by atoms with E-state index in [9.17, 15) is 0 Å². The summed E-state index contributed by atoms with van der Waals surface area (Å²) in [5, 5.41) is 0. The first-order valence-electron chi connectivity index (χ1n) is 5.11. The molecule has 0 amide bonds. The van der Waals surface area contributed by atoms with E-state index in [0.29, 0.717) is 0 Å². The summed E-state index contributed by atoms with van der Waals surface area (Å²) in [4.78, 5) is 4.63. The number of likely N-dealkylation sites (N-methyl/N-ethyl adjacent to an activating group) is 2. The third-order valence-electron chi connectivity index (χ3n) is 2.13. The van der Waals surface area contributed by atoms with Crippen LogP contribution in [0.5, 0.6) is 0 Å². The van der Waals surface area contributed by atoms with Crippen LogP contribution >= 0.6 is 12.6 Å². The molecule has 0 aliphatic heterocycles. The van der Waals surface area contributed by atoms with Gasteiger partial charge in [-0.05, 0) is 46.3 Å². The topological polar surface area (TPSA) is 6.48 Å². The third kappa shape index (κ3) is 10.2. The van der Waals surface area contributed by atoms with Crippen molar-refractivity contribution in [2.45, 2.75) is 19.3 Å². The molecule has 3 heteroatoms. The fourth-order valence-electron chi connectivity index (χ4n) is 1.15. The van der Waals surface area contributed by atoms with Gasteiger partial charge in [0.05, 0.1) is 0 Å². The van der Waals surface area contributed by atoms with Gasteiger partial charge >= 0.3 is 0 Å². The van der Waals surface area contributed by atoms with Crippen molar-refractivity contribution in [2.75, 3.05) is 46.5 Å². The Hall–Kier alpha value is 0.270. The summed E-state index contributed by atoms with van der Waals surface area (Å²) in [7, 11) is 6.44. The Balaban J connectivity index is 3.15. The predicted molar refractivity (Wildman–Crippen MR) is 63.8 cm³/mol. The lowest BCUT2D eigenvalue weighted by Crippen LogP contribution is -2.29. The summed E-state index contributed by atoms with van der Waals surface area (Å²) >= 11 is 4.19. The Morgan fingerprint density at radius 1 is 0.846 bits per heavy atom. The second-order valence-electron chi connectivity index (χ2n) is 3.89. The summed E-state index contributed by atoms with van der Waals surface area (Å²) in [6, 6.07) is 0. The van der Waals surface area contributed by atoms with Crippen LogP contribution in [0.25, 0.3) is 0 Å². The van der Waals surface area contributed by atoms with Crippen molar-refractivity contribution in [1.82, 2.24) is 9.80 Å². The average molecular weight is 204 g/mol. The Kier molecular flexibility index (Phi) is 9.03. The molecule has 0 fully saturated rings. The monoisotopic (exact) mass is 204 g/mol. The normalized spacial score (nSPS) is 11.5. The molecule has 0 radical (unpaired) electrons. The summed E-state index contributed by atoms with van der Waals surface area (Å²) in [6.07, 6.45) is 3.88. The summed E-state index contributed by atoms with van der Waals surface area (Å²) in [5.41, 5.74) is 0. The third-order valence-corrected chi connectivity index (χ3v) is 2.44. The number of thiol groups is 1. The number of hydrogen-bond acceptors (Lipinski definition) is 3. The minimum absolute atomic E-state index is 1.03. The van der Waals surface area contributed by atoms with Gasteiger partial charge in [-0.15, -0.1) is 0 Å². The zero-order chi connectivity index (χ0) is 10.1. The molecule has 0 unspecified atom stereocenters. The van der Waals surface area contributed by atoms with Gasteiger partial charge in [-0.1, -0.05) is 6.42 Å². The standard InChI is InChI=1S/C10H24N2S/c1-11(2)8-9-12(3)7-5-4-6-10-13/h13H,4-10H2,1-3H3. The van der Waals surface area contributed by atoms with E-state index >= 15 is 0 Å². The van der Waals surface area contributed by atoms with Crippen LogP contribution in [0.2, 0.25) is 0 Å². The van der Waals surface area contributed by atoms with Gasteiger partial charge < -0.3 is 9.80 Å². The highest BCUT2D eigenvalue weighted by Crippen LogP contribution is 1.98. The van der Waals surface area contributed by atoms with Gasteiger partial charge in [0.25, 0.3) is 0 Å². The van der Waals surface area contributed by atoms with Gasteiger partial charge in [-0.2, -0.15) is 12.6 Å². The molecule has 0 aromatic heterocycles. The minimum atomic E-state index is 1.03. The minimum Gasteiger partial charge on any atom is -0.308 e. The Labute approximate surface area is 88.7 Å². The van der Waals surface area contributed by atoms with Gasteiger partial charge in [-0.25, -0.2) is 0 Å². The maximum Gasteiger partial charge on any atom is 0.0106 e. The molecule has 0 spiro atoms. The second kappa shape index (κ2) is 8.85. The fourth-order valence-corrected chi connectivity index (χ4v) is 1.38. The van der Waals surface area contributed by atoms with E-state index in [0.717, 1.165) is 12.3 Å². The van der Waals surface area contributed by atoms with Crippen LogP contribution in [-0.2, 0) is 0 Å². The molecule has 0 saturated heterocycles. The first kappa shape index (κ1) is 13.3. The molecule has 0 heterocycles. The second-order valence-corrected chi connectivity index (χ2v) is 4.34. The number of hydrogen-bond donors (Lipinski definition) is 1. The van der Waals surface area contributed by atoms with E-state index in [-0.39, 0.29) is 0 Å². The van der Waals surface area contributed by atoms with Crippen LogP contribution in [0.15, 0.2) is 0 Å². The lowest BCUT2D eigenvalue weighted by Gasteiger charge is -2.18. The van der Waals surface area contributed by atoms with Crippen LogP contribution in [0.3, 0.4) is 0 Å². The quantitative estimate of drug-likeness (QED) is 0.474. The predicted octanol–water partition coefficient (Wildman–Crippen LogP) is 1.58. The van der Waals surface area contributed by atoms with Gasteiger partial charge in [0.1, 0.15) is 0 Å². The molecular formula is C10H24N2S. The highest BCUT2D eigenvalue weighted by molar-refractivity contribution is 7.80. The van der Waals surface area contributed by atoms with Gasteiger partial charge in [0, 0.05) is 13.1 Å². The summed E-state index contributed by atoms with van der Waals surface area (Å²) in [5.74, 6) is 1.03. The molecule has 0 N–H and O–H groups in total. The lowest BCUT2D eigenvalue weighted by atomic mass is 10.2. The Bertz CT molecular complexity index is 107. The molecule has 0 aromatic carbocycles.